The molecule has 0 saturated carbocycles. The Hall–Kier alpha value is -3.03. The van der Waals surface area contributed by atoms with Crippen molar-refractivity contribution in [2.75, 3.05) is 0 Å². The van der Waals surface area contributed by atoms with E-state index < -0.39 is 11.6 Å². The van der Waals surface area contributed by atoms with Crippen LogP contribution in [0.4, 0.5) is 0 Å². The molecule has 0 aliphatic heterocycles. The highest BCUT2D eigenvalue weighted by atomic mass is 35.5. The normalized spacial score (nSPS) is 11.0. The van der Waals surface area contributed by atoms with Gasteiger partial charge in [-0.2, -0.15) is 0 Å². The number of hydrogen-bond acceptors (Lipinski definition) is 7. The van der Waals surface area contributed by atoms with E-state index in [2.05, 4.69) is 9.97 Å². The van der Waals surface area contributed by atoms with Crippen LogP contribution in [0.3, 0.4) is 0 Å². The highest BCUT2D eigenvalue weighted by molar-refractivity contribution is 7.13. The Balaban J connectivity index is 1.47. The molecular formula is C21H15ClN2O4S. The van der Waals surface area contributed by atoms with E-state index in [0.29, 0.717) is 27.2 Å². The summed E-state index contributed by atoms with van der Waals surface area (Å²) >= 11 is 7.60. The Morgan fingerprint density at radius 2 is 2.14 bits per heavy atom. The van der Waals surface area contributed by atoms with E-state index in [9.17, 15) is 9.59 Å². The van der Waals surface area contributed by atoms with Crippen LogP contribution in [-0.4, -0.2) is 15.9 Å². The number of esters is 1. The fourth-order valence-electron chi connectivity index (χ4n) is 2.82. The van der Waals surface area contributed by atoms with Gasteiger partial charge in [0.15, 0.2) is 0 Å². The average molecular weight is 427 g/mol. The lowest BCUT2D eigenvalue weighted by Gasteiger charge is -2.08. The second kappa shape index (κ2) is 8.14. The minimum atomic E-state index is -0.509. The minimum absolute atomic E-state index is 0.0303. The molecule has 0 unspecified atom stereocenters. The summed E-state index contributed by atoms with van der Waals surface area (Å²) in [6, 6.07) is 10.3. The molecule has 4 rings (SSSR count). The number of carbonyl (C=O) groups is 1. The Morgan fingerprint density at radius 3 is 2.93 bits per heavy atom. The van der Waals surface area contributed by atoms with Crippen LogP contribution >= 0.6 is 22.9 Å². The summed E-state index contributed by atoms with van der Waals surface area (Å²) in [5, 5.41) is 3.73. The van der Waals surface area contributed by atoms with Crippen molar-refractivity contribution < 1.29 is 13.9 Å². The summed E-state index contributed by atoms with van der Waals surface area (Å²) < 4.78 is 10.6. The highest BCUT2D eigenvalue weighted by Gasteiger charge is 2.13. The lowest BCUT2D eigenvalue weighted by molar-refractivity contribution is -0.144. The number of hydrogen-bond donors (Lipinski definition) is 0. The number of pyridine rings is 1. The fourth-order valence-corrected chi connectivity index (χ4v) is 3.78. The number of ether oxygens (including phenoxy) is 1. The largest absolute Gasteiger partial charge is 0.460 e. The van der Waals surface area contributed by atoms with Gasteiger partial charge in [0.05, 0.1) is 17.8 Å². The van der Waals surface area contributed by atoms with Crippen molar-refractivity contribution in [3.05, 3.63) is 80.2 Å². The van der Waals surface area contributed by atoms with E-state index in [1.54, 1.807) is 23.7 Å². The lowest BCUT2D eigenvalue weighted by Crippen LogP contribution is -2.10. The predicted molar refractivity (Wildman–Crippen MR) is 111 cm³/mol. The molecule has 0 N–H and O–H groups in total. The minimum Gasteiger partial charge on any atom is -0.460 e. The quantitative estimate of drug-likeness (QED) is 0.343. The van der Waals surface area contributed by atoms with Gasteiger partial charge in [0.1, 0.15) is 17.2 Å². The molecule has 1 aromatic carbocycles. The summed E-state index contributed by atoms with van der Waals surface area (Å²) in [5.74, 6) is -0.442. The van der Waals surface area contributed by atoms with Crippen molar-refractivity contribution in [3.8, 4) is 10.7 Å². The van der Waals surface area contributed by atoms with Crippen LogP contribution in [0.2, 0.25) is 5.02 Å². The number of halogens is 1. The standard InChI is InChI=1S/C21H15ClN2O4S/c1-12-6-18-15(9-16(12)22)13(7-20(26)28-18)10-27-19(25)8-14-11-29-21(24-14)17-4-2-3-5-23-17/h2-7,9,11H,8,10H2,1H3. The summed E-state index contributed by atoms with van der Waals surface area (Å²) in [7, 11) is 0. The van der Waals surface area contributed by atoms with Crippen LogP contribution in [0.5, 0.6) is 0 Å². The fraction of sp³-hybridized carbons (Fsp3) is 0.143. The van der Waals surface area contributed by atoms with Gasteiger partial charge in [-0.05, 0) is 36.8 Å². The second-order valence-corrected chi connectivity index (χ2v) is 7.65. The van der Waals surface area contributed by atoms with Crippen molar-refractivity contribution in [1.82, 2.24) is 9.97 Å². The number of aryl methyl sites for hydroxylation is 1. The van der Waals surface area contributed by atoms with Gasteiger partial charge in [0, 0.05) is 33.6 Å². The summed E-state index contributed by atoms with van der Waals surface area (Å²) in [6.07, 6.45) is 1.72. The Morgan fingerprint density at radius 1 is 1.28 bits per heavy atom. The van der Waals surface area contributed by atoms with Crippen LogP contribution in [-0.2, 0) is 22.6 Å². The van der Waals surface area contributed by atoms with Gasteiger partial charge in [0.2, 0.25) is 0 Å². The molecule has 0 saturated heterocycles. The van der Waals surface area contributed by atoms with Crippen molar-refractivity contribution >= 4 is 39.9 Å². The van der Waals surface area contributed by atoms with Crippen molar-refractivity contribution in [2.45, 2.75) is 20.0 Å². The molecule has 0 fully saturated rings. The maximum absolute atomic E-state index is 12.3. The molecule has 0 amide bonds. The molecule has 29 heavy (non-hydrogen) atoms. The summed E-state index contributed by atoms with van der Waals surface area (Å²) in [6.45, 7) is 1.76. The van der Waals surface area contributed by atoms with Gasteiger partial charge in [-0.3, -0.25) is 9.78 Å². The maximum Gasteiger partial charge on any atom is 0.336 e. The molecule has 0 bridgehead atoms. The van der Waals surface area contributed by atoms with Gasteiger partial charge in [-0.25, -0.2) is 9.78 Å². The van der Waals surface area contributed by atoms with E-state index in [1.165, 1.54) is 17.4 Å². The smallest absolute Gasteiger partial charge is 0.336 e. The van der Waals surface area contributed by atoms with Gasteiger partial charge in [-0.1, -0.05) is 17.7 Å². The summed E-state index contributed by atoms with van der Waals surface area (Å²) in [4.78, 5) is 32.8. The first kappa shape index (κ1) is 19.3. The first-order chi connectivity index (χ1) is 14.0. The van der Waals surface area contributed by atoms with Crippen LogP contribution in [0.1, 0.15) is 16.8 Å². The zero-order valence-electron chi connectivity index (χ0n) is 15.3. The molecule has 0 aliphatic rings. The third-order valence-corrected chi connectivity index (χ3v) is 5.58. The van der Waals surface area contributed by atoms with Crippen molar-refractivity contribution in [3.63, 3.8) is 0 Å². The molecule has 3 heterocycles. The van der Waals surface area contributed by atoms with Gasteiger partial charge in [0.25, 0.3) is 0 Å². The third-order valence-electron chi connectivity index (χ3n) is 4.26. The predicted octanol–water partition coefficient (Wildman–Crippen LogP) is 4.56. The number of fused-ring (bicyclic) bond motifs is 1. The van der Waals surface area contributed by atoms with Crippen LogP contribution < -0.4 is 5.63 Å². The zero-order valence-corrected chi connectivity index (χ0v) is 16.9. The number of thiazole rings is 1. The van der Waals surface area contributed by atoms with Gasteiger partial charge < -0.3 is 9.15 Å². The van der Waals surface area contributed by atoms with E-state index in [0.717, 1.165) is 16.3 Å². The van der Waals surface area contributed by atoms with Gasteiger partial charge in [-0.15, -0.1) is 11.3 Å². The molecule has 6 nitrogen and oxygen atoms in total. The molecule has 8 heteroatoms. The first-order valence-electron chi connectivity index (χ1n) is 8.74. The average Bonchev–Trinajstić information content (AvgIpc) is 3.16. The van der Waals surface area contributed by atoms with E-state index in [1.807, 2.05) is 25.1 Å². The van der Waals surface area contributed by atoms with Crippen LogP contribution in [0.15, 0.2) is 57.2 Å². The van der Waals surface area contributed by atoms with Crippen molar-refractivity contribution in [1.29, 1.82) is 0 Å². The number of benzene rings is 1. The maximum atomic E-state index is 12.3. The van der Waals surface area contributed by atoms with Crippen LogP contribution in [0, 0.1) is 6.92 Å². The summed E-state index contributed by atoms with van der Waals surface area (Å²) in [5.41, 5.74) is 2.60. The monoisotopic (exact) mass is 426 g/mol. The highest BCUT2D eigenvalue weighted by Crippen LogP contribution is 2.26. The number of carbonyl (C=O) groups excluding carboxylic acids is 1. The molecule has 0 radical (unpaired) electrons. The Labute approximate surface area is 174 Å². The molecule has 0 spiro atoms. The molecule has 146 valence electrons. The Bertz CT molecular complexity index is 1250. The molecule has 0 aliphatic carbocycles. The number of nitrogens with zero attached hydrogens (tertiary/aromatic N) is 2. The topological polar surface area (TPSA) is 82.3 Å². The molecule has 4 aromatic rings. The van der Waals surface area contributed by atoms with E-state index in [4.69, 9.17) is 20.8 Å². The molecule has 0 atom stereocenters. The van der Waals surface area contributed by atoms with Crippen molar-refractivity contribution in [2.24, 2.45) is 0 Å². The molecule has 3 aromatic heterocycles. The first-order valence-corrected chi connectivity index (χ1v) is 9.99. The van der Waals surface area contributed by atoms with E-state index >= 15 is 0 Å². The zero-order chi connectivity index (χ0) is 20.4. The Kier molecular flexibility index (Phi) is 5.42. The SMILES string of the molecule is Cc1cc2oc(=O)cc(COC(=O)Cc3csc(-c4ccccn4)n3)c2cc1Cl. The number of aromatic nitrogens is 2. The van der Waals surface area contributed by atoms with Crippen LogP contribution in [0.25, 0.3) is 21.7 Å². The van der Waals surface area contributed by atoms with Gasteiger partial charge >= 0.3 is 11.6 Å². The lowest BCUT2D eigenvalue weighted by atomic mass is 10.1. The second-order valence-electron chi connectivity index (χ2n) is 6.38. The molecular weight excluding hydrogens is 412 g/mol. The number of rotatable bonds is 5. The van der Waals surface area contributed by atoms with E-state index in [-0.39, 0.29) is 13.0 Å². The third kappa shape index (κ3) is 4.36.